The van der Waals surface area contributed by atoms with Crippen LogP contribution in [0.1, 0.15) is 23.1 Å². The lowest BCUT2D eigenvalue weighted by molar-refractivity contribution is 0.0347. The largest absolute Gasteiger partial charge is 0.494 e. The van der Waals surface area contributed by atoms with Crippen LogP contribution in [-0.4, -0.2) is 11.7 Å². The zero-order valence-electron chi connectivity index (χ0n) is 8.41. The van der Waals surface area contributed by atoms with E-state index >= 15 is 0 Å². The van der Waals surface area contributed by atoms with Gasteiger partial charge in [-0.1, -0.05) is 0 Å². The van der Waals surface area contributed by atoms with Crippen molar-refractivity contribution in [2.45, 2.75) is 25.9 Å². The molecule has 1 N–H and O–H groups in total. The Kier molecular flexibility index (Phi) is 2.37. The van der Waals surface area contributed by atoms with Crippen LogP contribution in [0, 0.1) is 6.92 Å². The van der Waals surface area contributed by atoms with Gasteiger partial charge in [-0.3, -0.25) is 0 Å². The predicted octanol–water partition coefficient (Wildman–Crippen LogP) is 2.57. The Hall–Kier alpha value is -0.800. The molecule has 1 aromatic rings. The van der Waals surface area contributed by atoms with Crippen LogP contribution in [0.3, 0.4) is 0 Å². The van der Waals surface area contributed by atoms with E-state index in [4.69, 9.17) is 4.74 Å². The highest BCUT2D eigenvalue weighted by molar-refractivity contribution is 7.12. The Morgan fingerprint density at radius 2 is 2.29 bits per heavy atom. The van der Waals surface area contributed by atoms with Gasteiger partial charge >= 0.3 is 0 Å². The van der Waals surface area contributed by atoms with Gasteiger partial charge in [-0.15, -0.1) is 11.3 Å². The van der Waals surface area contributed by atoms with Crippen molar-refractivity contribution in [3.63, 3.8) is 0 Å². The summed E-state index contributed by atoms with van der Waals surface area (Å²) in [6.45, 7) is 4.51. The molecule has 0 aromatic carbocycles. The van der Waals surface area contributed by atoms with E-state index in [1.807, 2.05) is 25.1 Å². The van der Waals surface area contributed by atoms with E-state index in [1.165, 1.54) is 4.88 Å². The maximum atomic E-state index is 10.3. The first-order valence-corrected chi connectivity index (χ1v) is 5.55. The molecule has 2 nitrogen and oxygen atoms in total. The average Bonchev–Trinajstić information content (AvgIpc) is 2.72. The third-order valence-electron chi connectivity index (χ3n) is 2.41. The van der Waals surface area contributed by atoms with Crippen molar-refractivity contribution in [3.05, 3.63) is 33.7 Å². The minimum atomic E-state index is -0.949. The van der Waals surface area contributed by atoms with Gasteiger partial charge in [-0.25, -0.2) is 0 Å². The van der Waals surface area contributed by atoms with E-state index in [0.717, 1.165) is 11.3 Å². The molecule has 2 rings (SSSR count). The minimum Gasteiger partial charge on any atom is -0.494 e. The second-order valence-corrected chi connectivity index (χ2v) is 4.98. The highest BCUT2D eigenvalue weighted by Crippen LogP contribution is 2.36. The Bertz CT molecular complexity index is 363. The summed E-state index contributed by atoms with van der Waals surface area (Å²) < 4.78 is 5.40. The van der Waals surface area contributed by atoms with E-state index in [0.29, 0.717) is 12.4 Å². The molecule has 3 heteroatoms. The van der Waals surface area contributed by atoms with Crippen LogP contribution < -0.4 is 0 Å². The van der Waals surface area contributed by atoms with Crippen molar-refractivity contribution in [2.75, 3.05) is 6.61 Å². The molecule has 0 fully saturated rings. The molecule has 0 spiro atoms. The molecule has 2 heterocycles. The molecule has 0 amide bonds. The van der Waals surface area contributed by atoms with Crippen molar-refractivity contribution in [3.8, 4) is 0 Å². The molecule has 1 aromatic heterocycles. The molecule has 1 aliphatic heterocycles. The highest BCUT2D eigenvalue weighted by Gasteiger charge is 2.32. The summed E-state index contributed by atoms with van der Waals surface area (Å²) in [6, 6.07) is 3.98. The summed E-state index contributed by atoms with van der Waals surface area (Å²) >= 11 is 1.61. The monoisotopic (exact) mass is 210 g/mol. The van der Waals surface area contributed by atoms with Crippen molar-refractivity contribution in [2.24, 2.45) is 0 Å². The summed E-state index contributed by atoms with van der Waals surface area (Å²) in [6.07, 6.45) is 2.87. The molecule has 0 bridgehead atoms. The Labute approximate surface area is 87.8 Å². The number of rotatable bonds is 2. The van der Waals surface area contributed by atoms with Gasteiger partial charge < -0.3 is 9.84 Å². The Morgan fingerprint density at radius 1 is 1.50 bits per heavy atom. The number of hydrogen-bond acceptors (Lipinski definition) is 3. The third kappa shape index (κ3) is 1.57. The molecule has 1 aliphatic rings. The normalized spacial score (nSPS) is 20.1. The number of hydrogen-bond donors (Lipinski definition) is 1. The molecule has 0 saturated heterocycles. The van der Waals surface area contributed by atoms with Gasteiger partial charge in [0.1, 0.15) is 5.76 Å². The van der Waals surface area contributed by atoms with Crippen LogP contribution in [0.15, 0.2) is 24.0 Å². The number of thiophene rings is 1. The van der Waals surface area contributed by atoms with Crippen LogP contribution in [0.5, 0.6) is 0 Å². The Morgan fingerprint density at radius 3 is 2.79 bits per heavy atom. The zero-order chi connectivity index (χ0) is 10.2. The fraction of sp³-hybridized carbons (Fsp3) is 0.455. The molecule has 76 valence electrons. The fourth-order valence-electron chi connectivity index (χ4n) is 1.57. The quantitative estimate of drug-likeness (QED) is 0.813. The van der Waals surface area contributed by atoms with Gasteiger partial charge in [0.25, 0.3) is 0 Å². The summed E-state index contributed by atoms with van der Waals surface area (Å²) in [5.41, 5.74) is -0.949. The first kappa shape index (κ1) is 9.74. The van der Waals surface area contributed by atoms with Gasteiger partial charge in [0.05, 0.1) is 6.61 Å². The second-order valence-electron chi connectivity index (χ2n) is 3.69. The molecule has 0 radical (unpaired) electrons. The van der Waals surface area contributed by atoms with Crippen LogP contribution >= 0.6 is 11.3 Å². The number of ether oxygens (including phenoxy) is 1. The number of aryl methyl sites for hydroxylation is 1. The lowest BCUT2D eigenvalue weighted by Crippen LogP contribution is -2.23. The SMILES string of the molecule is Cc1ccc(C(C)(O)C2=CCCO2)s1. The molecule has 0 saturated carbocycles. The van der Waals surface area contributed by atoms with Gasteiger partial charge in [0.2, 0.25) is 0 Å². The fourth-order valence-corrected chi connectivity index (χ4v) is 2.49. The van der Waals surface area contributed by atoms with Crippen LogP contribution in [-0.2, 0) is 10.3 Å². The van der Waals surface area contributed by atoms with Gasteiger partial charge in [0, 0.05) is 16.2 Å². The van der Waals surface area contributed by atoms with Crippen LogP contribution in [0.4, 0.5) is 0 Å². The van der Waals surface area contributed by atoms with Crippen LogP contribution in [0.2, 0.25) is 0 Å². The third-order valence-corrected chi connectivity index (χ3v) is 3.62. The Balaban J connectivity index is 2.31. The van der Waals surface area contributed by atoms with Crippen LogP contribution in [0.25, 0.3) is 0 Å². The zero-order valence-corrected chi connectivity index (χ0v) is 9.23. The van der Waals surface area contributed by atoms with E-state index in [2.05, 4.69) is 0 Å². The van der Waals surface area contributed by atoms with Crippen molar-refractivity contribution in [1.82, 2.24) is 0 Å². The van der Waals surface area contributed by atoms with Gasteiger partial charge in [-0.2, -0.15) is 0 Å². The summed E-state index contributed by atoms with van der Waals surface area (Å²) in [4.78, 5) is 2.15. The molecular weight excluding hydrogens is 196 g/mol. The van der Waals surface area contributed by atoms with E-state index < -0.39 is 5.60 Å². The smallest absolute Gasteiger partial charge is 0.152 e. The second kappa shape index (κ2) is 3.41. The molecular formula is C11H14O2S. The lowest BCUT2D eigenvalue weighted by atomic mass is 10.0. The molecule has 0 aliphatic carbocycles. The van der Waals surface area contributed by atoms with Crippen molar-refractivity contribution < 1.29 is 9.84 Å². The van der Waals surface area contributed by atoms with E-state index in [-0.39, 0.29) is 0 Å². The number of aliphatic hydroxyl groups is 1. The predicted molar refractivity (Wildman–Crippen MR) is 57.3 cm³/mol. The van der Waals surface area contributed by atoms with Gasteiger partial charge in [0.15, 0.2) is 5.60 Å². The standard InChI is InChI=1S/C11H14O2S/c1-8-5-6-10(14-8)11(2,12)9-4-3-7-13-9/h4-6,12H,3,7H2,1-2H3. The molecule has 1 atom stereocenters. The minimum absolute atomic E-state index is 0.690. The maximum absolute atomic E-state index is 10.3. The highest BCUT2D eigenvalue weighted by atomic mass is 32.1. The summed E-state index contributed by atoms with van der Waals surface area (Å²) in [5, 5.41) is 10.3. The van der Waals surface area contributed by atoms with Crippen molar-refractivity contribution >= 4 is 11.3 Å². The van der Waals surface area contributed by atoms with Crippen molar-refractivity contribution in [1.29, 1.82) is 0 Å². The average molecular weight is 210 g/mol. The maximum Gasteiger partial charge on any atom is 0.152 e. The summed E-state index contributed by atoms with van der Waals surface area (Å²) in [5.74, 6) is 0.694. The van der Waals surface area contributed by atoms with E-state index in [1.54, 1.807) is 18.3 Å². The summed E-state index contributed by atoms with van der Waals surface area (Å²) in [7, 11) is 0. The first-order valence-electron chi connectivity index (χ1n) is 4.73. The van der Waals surface area contributed by atoms with E-state index in [9.17, 15) is 5.11 Å². The topological polar surface area (TPSA) is 29.5 Å². The first-order chi connectivity index (χ1) is 6.60. The molecule has 14 heavy (non-hydrogen) atoms. The lowest BCUT2D eigenvalue weighted by Gasteiger charge is -2.22. The van der Waals surface area contributed by atoms with Gasteiger partial charge in [-0.05, 0) is 32.1 Å². The molecule has 1 unspecified atom stereocenters.